The van der Waals surface area contributed by atoms with Gasteiger partial charge in [0.2, 0.25) is 0 Å². The summed E-state index contributed by atoms with van der Waals surface area (Å²) >= 11 is 0. The number of benzene rings is 1. The Kier molecular flexibility index (Phi) is 7.49. The van der Waals surface area contributed by atoms with E-state index in [0.29, 0.717) is 0 Å². The van der Waals surface area contributed by atoms with Crippen molar-refractivity contribution in [1.82, 2.24) is 0 Å². The van der Waals surface area contributed by atoms with Crippen molar-refractivity contribution in [3.05, 3.63) is 23.3 Å². The molecular weight excluding hydrogens is 309 g/mol. The molecule has 1 rings (SSSR count). The quantitative estimate of drug-likeness (QED) is 0.630. The molecule has 8 heteroatoms. The Morgan fingerprint density at radius 1 is 1.24 bits per heavy atom. The SMILES string of the molecule is CNc1cc(C(=O)OC(C)(C)C)c(C)c([B-](F)(F)F)c1.[K+]. The number of anilines is 1. The average molecular weight is 327 g/mol. The van der Waals surface area contributed by atoms with Crippen LogP contribution in [0, 0.1) is 6.92 Å². The number of hydrogen-bond acceptors (Lipinski definition) is 3. The number of nitrogens with one attached hydrogen (secondary N) is 1. The summed E-state index contributed by atoms with van der Waals surface area (Å²) in [5, 5.41) is 2.63. The second kappa shape index (κ2) is 7.50. The van der Waals surface area contributed by atoms with Crippen LogP contribution in [0.2, 0.25) is 0 Å². The predicted octanol–water partition coefficient (Wildman–Crippen LogP) is 0.0504. The second-order valence-corrected chi connectivity index (χ2v) is 5.56. The molecule has 0 aromatic heterocycles. The predicted molar refractivity (Wildman–Crippen MR) is 74.6 cm³/mol. The van der Waals surface area contributed by atoms with Gasteiger partial charge in [-0.25, -0.2) is 4.79 Å². The Bertz CT molecular complexity index is 527. The molecule has 1 aromatic carbocycles. The normalized spacial score (nSPS) is 11.6. The maximum Gasteiger partial charge on any atom is 1.00 e. The first kappa shape index (κ1) is 21.0. The van der Waals surface area contributed by atoms with Crippen LogP contribution in [-0.2, 0) is 4.74 Å². The molecule has 0 bridgehead atoms. The van der Waals surface area contributed by atoms with Crippen LogP contribution >= 0.6 is 0 Å². The summed E-state index contributed by atoms with van der Waals surface area (Å²) in [4.78, 5) is 12.0. The third-order valence-electron chi connectivity index (χ3n) is 2.71. The van der Waals surface area contributed by atoms with Crippen LogP contribution in [0.15, 0.2) is 12.1 Å². The summed E-state index contributed by atoms with van der Waals surface area (Å²) in [5.74, 6) is -0.756. The maximum absolute atomic E-state index is 13.0. The van der Waals surface area contributed by atoms with Crippen LogP contribution in [0.5, 0.6) is 0 Å². The van der Waals surface area contributed by atoms with Gasteiger partial charge >= 0.3 is 64.3 Å². The minimum atomic E-state index is -5.19. The molecule has 0 atom stereocenters. The number of ether oxygens (including phenoxy) is 1. The van der Waals surface area contributed by atoms with Crippen LogP contribution < -0.4 is 62.2 Å². The summed E-state index contributed by atoms with van der Waals surface area (Å²) in [6.07, 6.45) is 0. The van der Waals surface area contributed by atoms with Crippen molar-refractivity contribution in [3.8, 4) is 0 Å². The van der Waals surface area contributed by atoms with E-state index in [2.05, 4.69) is 5.32 Å². The maximum atomic E-state index is 13.0. The first-order chi connectivity index (χ1) is 8.95. The Hall–Kier alpha value is -0.0187. The van der Waals surface area contributed by atoms with Crippen molar-refractivity contribution >= 4 is 24.1 Å². The molecule has 0 saturated heterocycles. The average Bonchev–Trinajstić information content (AvgIpc) is 2.25. The van der Waals surface area contributed by atoms with E-state index in [-0.39, 0.29) is 68.2 Å². The molecule has 0 aliphatic rings. The van der Waals surface area contributed by atoms with Crippen molar-refractivity contribution < 1.29 is 73.9 Å². The van der Waals surface area contributed by atoms with Crippen LogP contribution in [0.3, 0.4) is 0 Å². The molecule has 0 spiro atoms. The Labute approximate surface area is 165 Å². The number of esters is 1. The molecule has 0 unspecified atom stereocenters. The van der Waals surface area contributed by atoms with E-state index in [1.165, 1.54) is 20.0 Å². The largest absolute Gasteiger partial charge is 1.00 e. The van der Waals surface area contributed by atoms with Gasteiger partial charge in [-0.2, -0.15) is 0 Å². The Balaban J connectivity index is 0.00000400. The standard InChI is InChI=1S/C13H18BF3NO2.K/c1-8-10(12(19)20-13(2,3)4)6-9(18-5)7-11(8)14(15,16)17;/h6-7,18H,1-5H3;/q-1;+1. The topological polar surface area (TPSA) is 38.3 Å². The molecule has 0 radical (unpaired) electrons. The van der Waals surface area contributed by atoms with E-state index in [0.717, 1.165) is 6.07 Å². The molecule has 0 amide bonds. The van der Waals surface area contributed by atoms with Crippen LogP contribution in [0.4, 0.5) is 18.6 Å². The van der Waals surface area contributed by atoms with Gasteiger partial charge in [0.05, 0.1) is 5.56 Å². The van der Waals surface area contributed by atoms with Crippen molar-refractivity contribution in [2.75, 3.05) is 12.4 Å². The van der Waals surface area contributed by atoms with Gasteiger partial charge in [-0.1, -0.05) is 11.6 Å². The fourth-order valence-electron chi connectivity index (χ4n) is 1.77. The molecule has 112 valence electrons. The molecule has 21 heavy (non-hydrogen) atoms. The van der Waals surface area contributed by atoms with Gasteiger partial charge in [0.15, 0.2) is 0 Å². The molecule has 0 saturated carbocycles. The summed E-state index contributed by atoms with van der Waals surface area (Å²) in [6.45, 7) is 1.08. The van der Waals surface area contributed by atoms with E-state index in [9.17, 15) is 17.7 Å². The van der Waals surface area contributed by atoms with E-state index < -0.39 is 24.0 Å². The summed E-state index contributed by atoms with van der Waals surface area (Å²) in [7, 11) is 1.50. The number of hydrogen-bond donors (Lipinski definition) is 1. The number of carbonyl (C=O) groups is 1. The fourth-order valence-corrected chi connectivity index (χ4v) is 1.77. The van der Waals surface area contributed by atoms with Crippen molar-refractivity contribution in [2.24, 2.45) is 0 Å². The molecule has 1 aromatic rings. The Morgan fingerprint density at radius 2 is 1.76 bits per heavy atom. The minimum absolute atomic E-state index is 0. The number of rotatable bonds is 3. The van der Waals surface area contributed by atoms with Crippen LogP contribution in [0.1, 0.15) is 36.7 Å². The van der Waals surface area contributed by atoms with Crippen LogP contribution in [0.25, 0.3) is 0 Å². The van der Waals surface area contributed by atoms with Crippen LogP contribution in [-0.4, -0.2) is 25.6 Å². The smallest absolute Gasteiger partial charge is 0.456 e. The number of carbonyl (C=O) groups excluding carboxylic acids is 1. The number of halogens is 3. The third-order valence-corrected chi connectivity index (χ3v) is 2.71. The zero-order valence-electron chi connectivity index (χ0n) is 13.2. The zero-order valence-corrected chi connectivity index (χ0v) is 16.3. The van der Waals surface area contributed by atoms with Gasteiger partial charge in [0.25, 0.3) is 0 Å². The van der Waals surface area contributed by atoms with Gasteiger partial charge in [-0.3, -0.25) is 0 Å². The zero-order chi connectivity index (χ0) is 15.7. The van der Waals surface area contributed by atoms with Gasteiger partial charge in [-0.15, -0.1) is 5.46 Å². The minimum Gasteiger partial charge on any atom is -0.456 e. The van der Waals surface area contributed by atoms with Crippen molar-refractivity contribution in [2.45, 2.75) is 33.3 Å². The summed E-state index contributed by atoms with van der Waals surface area (Å²) in [5.41, 5.74) is -1.49. The van der Waals surface area contributed by atoms with Crippen molar-refractivity contribution in [3.63, 3.8) is 0 Å². The van der Waals surface area contributed by atoms with E-state index in [1.54, 1.807) is 20.8 Å². The monoisotopic (exact) mass is 327 g/mol. The molecule has 0 heterocycles. The molecular formula is C13H18BF3KNO2. The van der Waals surface area contributed by atoms with Gasteiger partial charge in [0, 0.05) is 12.7 Å². The van der Waals surface area contributed by atoms with Gasteiger partial charge in [0.1, 0.15) is 5.60 Å². The Morgan fingerprint density at radius 3 is 2.14 bits per heavy atom. The second-order valence-electron chi connectivity index (χ2n) is 5.56. The van der Waals surface area contributed by atoms with Crippen molar-refractivity contribution in [1.29, 1.82) is 0 Å². The van der Waals surface area contributed by atoms with Gasteiger partial charge < -0.3 is 23.0 Å². The molecule has 3 nitrogen and oxygen atoms in total. The summed E-state index contributed by atoms with van der Waals surface area (Å²) in [6, 6.07) is 2.37. The first-order valence-electron chi connectivity index (χ1n) is 6.21. The third kappa shape index (κ3) is 5.94. The molecule has 0 aliphatic heterocycles. The van der Waals surface area contributed by atoms with E-state index in [1.807, 2.05) is 0 Å². The summed E-state index contributed by atoms with van der Waals surface area (Å²) < 4.78 is 44.2. The van der Waals surface area contributed by atoms with E-state index >= 15 is 0 Å². The van der Waals surface area contributed by atoms with E-state index in [4.69, 9.17) is 4.74 Å². The van der Waals surface area contributed by atoms with Gasteiger partial charge in [-0.05, 0) is 33.8 Å². The molecule has 0 fully saturated rings. The first-order valence-corrected chi connectivity index (χ1v) is 6.21. The molecule has 1 N–H and O–H groups in total. The molecule has 0 aliphatic carbocycles. The fraction of sp³-hybridized carbons (Fsp3) is 0.462.